The second-order valence-electron chi connectivity index (χ2n) is 6.09. The molecule has 0 fully saturated rings. The van der Waals surface area contributed by atoms with Crippen molar-refractivity contribution < 1.29 is 5.11 Å². The van der Waals surface area contributed by atoms with Crippen LogP contribution in [0, 0.1) is 0 Å². The summed E-state index contributed by atoms with van der Waals surface area (Å²) >= 11 is 0. The van der Waals surface area contributed by atoms with Crippen molar-refractivity contribution in [2.45, 2.75) is 25.7 Å². The Kier molecular flexibility index (Phi) is 4.77. The molecule has 1 atom stereocenters. The minimum atomic E-state index is 0.305. The van der Waals surface area contributed by atoms with E-state index in [9.17, 15) is 5.11 Å². The molecule has 0 aliphatic carbocycles. The first-order valence-corrected chi connectivity index (χ1v) is 8.15. The lowest BCUT2D eigenvalue weighted by molar-refractivity contribution is 0.475. The van der Waals surface area contributed by atoms with Crippen LogP contribution >= 0.6 is 0 Å². The van der Waals surface area contributed by atoms with Crippen LogP contribution in [0.15, 0.2) is 78.9 Å². The first-order valence-electron chi connectivity index (χ1n) is 8.15. The first-order chi connectivity index (χ1) is 11.2. The maximum atomic E-state index is 9.37. The largest absolute Gasteiger partial charge is 0.508 e. The average Bonchev–Trinajstić information content (AvgIpc) is 2.61. The van der Waals surface area contributed by atoms with Gasteiger partial charge in [-0.25, -0.2) is 0 Å². The average molecular weight is 302 g/mol. The van der Waals surface area contributed by atoms with Crippen LogP contribution < -0.4 is 0 Å². The molecule has 0 aromatic heterocycles. The van der Waals surface area contributed by atoms with Crippen molar-refractivity contribution >= 4 is 0 Å². The molecule has 0 spiro atoms. The summed E-state index contributed by atoms with van der Waals surface area (Å²) in [5.74, 6) is 0.851. The lowest BCUT2D eigenvalue weighted by Crippen LogP contribution is -1.96. The van der Waals surface area contributed by atoms with E-state index in [-0.39, 0.29) is 0 Å². The highest BCUT2D eigenvalue weighted by Crippen LogP contribution is 2.26. The van der Waals surface area contributed by atoms with E-state index < -0.39 is 0 Å². The quantitative estimate of drug-likeness (QED) is 0.632. The molecule has 0 aliphatic rings. The zero-order valence-electron chi connectivity index (χ0n) is 13.4. The van der Waals surface area contributed by atoms with Crippen LogP contribution in [0.3, 0.4) is 0 Å². The Morgan fingerprint density at radius 3 is 1.91 bits per heavy atom. The van der Waals surface area contributed by atoms with E-state index in [2.05, 4.69) is 61.5 Å². The van der Waals surface area contributed by atoms with E-state index in [1.54, 1.807) is 12.1 Å². The van der Waals surface area contributed by atoms with Gasteiger partial charge in [0.2, 0.25) is 0 Å². The number of phenolic OH excluding ortho intramolecular Hbond substituents is 1. The predicted molar refractivity (Wildman–Crippen MR) is 96.7 cm³/mol. The number of hydrogen-bond donors (Lipinski definition) is 1. The Bertz CT molecular complexity index is 727. The molecule has 1 heteroatoms. The second kappa shape index (κ2) is 7.15. The summed E-state index contributed by atoms with van der Waals surface area (Å²) in [6, 6.07) is 26.8. The van der Waals surface area contributed by atoms with E-state index in [1.807, 2.05) is 12.1 Å². The fourth-order valence-corrected chi connectivity index (χ4v) is 2.85. The van der Waals surface area contributed by atoms with Crippen LogP contribution in [-0.4, -0.2) is 5.11 Å². The molecule has 3 aromatic carbocycles. The molecular formula is C22H22O. The molecule has 3 aromatic rings. The number of aromatic hydroxyl groups is 1. The molecule has 0 radical (unpaired) electrons. The minimum absolute atomic E-state index is 0.305. The van der Waals surface area contributed by atoms with E-state index in [0.717, 1.165) is 18.4 Å². The smallest absolute Gasteiger partial charge is 0.115 e. The highest BCUT2D eigenvalue weighted by molar-refractivity contribution is 5.64. The Labute approximate surface area is 138 Å². The number of benzene rings is 3. The van der Waals surface area contributed by atoms with Gasteiger partial charge in [-0.15, -0.1) is 0 Å². The van der Waals surface area contributed by atoms with Gasteiger partial charge >= 0.3 is 0 Å². The minimum Gasteiger partial charge on any atom is -0.508 e. The number of phenols is 1. The van der Waals surface area contributed by atoms with Crippen molar-refractivity contribution in [1.29, 1.82) is 0 Å². The van der Waals surface area contributed by atoms with E-state index >= 15 is 0 Å². The molecule has 116 valence electrons. The van der Waals surface area contributed by atoms with Crippen LogP contribution in [0.4, 0.5) is 0 Å². The van der Waals surface area contributed by atoms with Gasteiger partial charge in [-0.2, -0.15) is 0 Å². The normalized spacial score (nSPS) is 12.0. The van der Waals surface area contributed by atoms with Gasteiger partial charge in [0.1, 0.15) is 5.75 Å². The standard InChI is InChI=1S/C22H22O/c1-17(7-8-18-5-3-2-4-6-18)19-9-11-20(12-10-19)21-13-15-22(23)16-14-21/h2-6,9-17,23H,7-8H2,1H3. The third-order valence-corrected chi connectivity index (χ3v) is 4.39. The topological polar surface area (TPSA) is 20.2 Å². The fraction of sp³-hybridized carbons (Fsp3) is 0.182. The molecule has 0 amide bonds. The van der Waals surface area contributed by atoms with E-state index in [0.29, 0.717) is 11.7 Å². The number of aryl methyl sites for hydroxylation is 1. The Balaban J connectivity index is 1.65. The van der Waals surface area contributed by atoms with Crippen molar-refractivity contribution in [3.05, 3.63) is 90.0 Å². The van der Waals surface area contributed by atoms with Gasteiger partial charge < -0.3 is 5.11 Å². The molecule has 0 heterocycles. The monoisotopic (exact) mass is 302 g/mol. The van der Waals surface area contributed by atoms with Crippen molar-refractivity contribution in [3.8, 4) is 16.9 Å². The molecule has 1 N–H and O–H groups in total. The fourth-order valence-electron chi connectivity index (χ4n) is 2.85. The lowest BCUT2D eigenvalue weighted by Gasteiger charge is -2.13. The third kappa shape index (κ3) is 4.01. The summed E-state index contributed by atoms with van der Waals surface area (Å²) < 4.78 is 0. The third-order valence-electron chi connectivity index (χ3n) is 4.39. The van der Waals surface area contributed by atoms with Crippen LogP contribution in [0.2, 0.25) is 0 Å². The molecule has 0 saturated heterocycles. The Morgan fingerprint density at radius 2 is 1.30 bits per heavy atom. The summed E-state index contributed by atoms with van der Waals surface area (Å²) in [5.41, 5.74) is 5.10. The summed E-state index contributed by atoms with van der Waals surface area (Å²) in [7, 11) is 0. The van der Waals surface area contributed by atoms with Crippen molar-refractivity contribution in [1.82, 2.24) is 0 Å². The van der Waals surface area contributed by atoms with Gasteiger partial charge in [-0.05, 0) is 53.1 Å². The van der Waals surface area contributed by atoms with Crippen LogP contribution in [0.5, 0.6) is 5.75 Å². The zero-order chi connectivity index (χ0) is 16.1. The van der Waals surface area contributed by atoms with Gasteiger partial charge in [0.05, 0.1) is 0 Å². The molecule has 23 heavy (non-hydrogen) atoms. The maximum absolute atomic E-state index is 9.37. The van der Waals surface area contributed by atoms with Gasteiger partial charge in [-0.3, -0.25) is 0 Å². The lowest BCUT2D eigenvalue weighted by atomic mass is 9.92. The first kappa shape index (κ1) is 15.4. The van der Waals surface area contributed by atoms with Gasteiger partial charge in [0.25, 0.3) is 0 Å². The Hall–Kier alpha value is -2.54. The van der Waals surface area contributed by atoms with Crippen molar-refractivity contribution in [2.24, 2.45) is 0 Å². The molecule has 0 aliphatic heterocycles. The van der Waals surface area contributed by atoms with E-state index in [1.165, 1.54) is 16.7 Å². The number of rotatable bonds is 5. The summed E-state index contributed by atoms with van der Waals surface area (Å²) in [6.45, 7) is 2.29. The molecule has 1 nitrogen and oxygen atoms in total. The second-order valence-corrected chi connectivity index (χ2v) is 6.09. The Morgan fingerprint density at radius 1 is 0.739 bits per heavy atom. The van der Waals surface area contributed by atoms with Crippen LogP contribution in [-0.2, 0) is 6.42 Å². The SMILES string of the molecule is CC(CCc1ccccc1)c1ccc(-c2ccc(O)cc2)cc1. The maximum Gasteiger partial charge on any atom is 0.115 e. The highest BCUT2D eigenvalue weighted by atomic mass is 16.3. The highest BCUT2D eigenvalue weighted by Gasteiger charge is 2.06. The predicted octanol–water partition coefficient (Wildman–Crippen LogP) is 5.80. The van der Waals surface area contributed by atoms with Crippen LogP contribution in [0.25, 0.3) is 11.1 Å². The molecular weight excluding hydrogens is 280 g/mol. The van der Waals surface area contributed by atoms with Gasteiger partial charge in [0.15, 0.2) is 0 Å². The van der Waals surface area contributed by atoms with Crippen molar-refractivity contribution in [2.75, 3.05) is 0 Å². The van der Waals surface area contributed by atoms with Crippen LogP contribution in [0.1, 0.15) is 30.4 Å². The van der Waals surface area contributed by atoms with Gasteiger partial charge in [0, 0.05) is 0 Å². The molecule has 3 rings (SSSR count). The summed E-state index contributed by atoms with van der Waals surface area (Å²) in [4.78, 5) is 0. The number of hydrogen-bond acceptors (Lipinski definition) is 1. The molecule has 1 unspecified atom stereocenters. The molecule has 0 saturated carbocycles. The summed E-state index contributed by atoms with van der Waals surface area (Å²) in [6.07, 6.45) is 2.27. The zero-order valence-corrected chi connectivity index (χ0v) is 13.4. The van der Waals surface area contributed by atoms with E-state index in [4.69, 9.17) is 0 Å². The molecule has 0 bridgehead atoms. The van der Waals surface area contributed by atoms with Crippen molar-refractivity contribution in [3.63, 3.8) is 0 Å². The van der Waals surface area contributed by atoms with Gasteiger partial charge in [-0.1, -0.05) is 73.7 Å². The summed E-state index contributed by atoms with van der Waals surface area (Å²) in [5, 5.41) is 9.37.